The Kier molecular flexibility index (Phi) is 5.93. The largest absolute Gasteiger partial charge is 0.497 e. The molecule has 1 aliphatic carbocycles. The van der Waals surface area contributed by atoms with Gasteiger partial charge in [0.05, 0.1) is 23.9 Å². The molecule has 2 aliphatic rings. The molecule has 0 N–H and O–H groups in total. The number of nitrogens with zero attached hydrogens (tertiary/aromatic N) is 2. The van der Waals surface area contributed by atoms with Crippen LogP contribution in [0.25, 0.3) is 22.6 Å². The molecule has 6 rings (SSSR count). The summed E-state index contributed by atoms with van der Waals surface area (Å²) in [5.74, 6) is 0.102. The molecular formula is C31H26N2O4. The molecule has 0 bridgehead atoms. The fourth-order valence-electron chi connectivity index (χ4n) is 5.29. The Balaban J connectivity index is 1.30. The lowest BCUT2D eigenvalue weighted by molar-refractivity contribution is -0.121. The van der Waals surface area contributed by atoms with Gasteiger partial charge in [0.25, 0.3) is 5.91 Å². The molecular weight excluding hydrogens is 464 g/mol. The van der Waals surface area contributed by atoms with Gasteiger partial charge in [-0.1, -0.05) is 48.5 Å². The number of carbonyl (C=O) groups excluding carboxylic acids is 2. The van der Waals surface area contributed by atoms with E-state index in [1.54, 1.807) is 12.0 Å². The minimum Gasteiger partial charge on any atom is -0.497 e. The monoisotopic (exact) mass is 490 g/mol. The van der Waals surface area contributed by atoms with E-state index in [4.69, 9.17) is 14.5 Å². The van der Waals surface area contributed by atoms with Gasteiger partial charge in [0, 0.05) is 17.6 Å². The first-order valence-electron chi connectivity index (χ1n) is 12.4. The molecule has 0 atom stereocenters. The number of methoxy groups -OCH3 is 1. The predicted octanol–water partition coefficient (Wildman–Crippen LogP) is 5.48. The summed E-state index contributed by atoms with van der Waals surface area (Å²) in [4.78, 5) is 33.0. The number of ether oxygens (including phenoxy) is 2. The molecule has 1 amide bonds. The normalized spacial score (nSPS) is 15.1. The molecule has 37 heavy (non-hydrogen) atoms. The van der Waals surface area contributed by atoms with Gasteiger partial charge >= 0.3 is 5.97 Å². The number of para-hydroxylation sites is 2. The second-order valence-corrected chi connectivity index (χ2v) is 9.27. The molecule has 2 heterocycles. The molecule has 4 aromatic rings. The van der Waals surface area contributed by atoms with Gasteiger partial charge in [-0.15, -0.1) is 0 Å². The summed E-state index contributed by atoms with van der Waals surface area (Å²) in [6, 6.07) is 23.3. The first kappa shape index (κ1) is 23.0. The van der Waals surface area contributed by atoms with Crippen LogP contribution in [0.3, 0.4) is 0 Å². The number of fused-ring (bicyclic) bond motifs is 3. The van der Waals surface area contributed by atoms with Gasteiger partial charge in [0.1, 0.15) is 5.75 Å². The average molecular weight is 491 g/mol. The van der Waals surface area contributed by atoms with E-state index in [0.717, 1.165) is 63.1 Å². The molecule has 1 aromatic heterocycles. The maximum absolute atomic E-state index is 13.5. The summed E-state index contributed by atoms with van der Waals surface area (Å²) < 4.78 is 10.9. The topological polar surface area (TPSA) is 68.7 Å². The highest BCUT2D eigenvalue weighted by atomic mass is 16.5. The molecule has 3 aromatic carbocycles. The molecule has 0 saturated carbocycles. The first-order valence-corrected chi connectivity index (χ1v) is 12.4. The van der Waals surface area contributed by atoms with E-state index in [9.17, 15) is 9.59 Å². The van der Waals surface area contributed by atoms with Gasteiger partial charge in [-0.2, -0.15) is 0 Å². The standard InChI is InChI=1S/C31H26N2O4/c1-36-23-13-10-20(11-14-23)18-22-12-15-25-29(24-7-3-4-8-26(24)32-30(22)25)31(35)37-19-28(34)33-17-16-21-6-2-5-9-27(21)33/h2-11,13-14,18H,12,15-17,19H2,1H3. The fourth-order valence-corrected chi connectivity index (χ4v) is 5.29. The van der Waals surface area contributed by atoms with Crippen molar-refractivity contribution in [3.8, 4) is 5.75 Å². The summed E-state index contributed by atoms with van der Waals surface area (Å²) in [5.41, 5.74) is 7.08. The number of pyridine rings is 1. The van der Waals surface area contributed by atoms with E-state index in [1.807, 2.05) is 72.8 Å². The van der Waals surface area contributed by atoms with E-state index in [1.165, 1.54) is 0 Å². The van der Waals surface area contributed by atoms with Crippen LogP contribution in [0.15, 0.2) is 72.8 Å². The van der Waals surface area contributed by atoms with Crippen LogP contribution in [0.4, 0.5) is 5.69 Å². The highest BCUT2D eigenvalue weighted by molar-refractivity contribution is 6.08. The van der Waals surface area contributed by atoms with Gasteiger partial charge in [-0.05, 0) is 71.9 Å². The minimum absolute atomic E-state index is 0.214. The number of rotatable bonds is 5. The minimum atomic E-state index is -0.485. The molecule has 0 radical (unpaired) electrons. The van der Waals surface area contributed by atoms with Crippen molar-refractivity contribution in [2.75, 3.05) is 25.2 Å². The van der Waals surface area contributed by atoms with E-state index in [0.29, 0.717) is 18.5 Å². The fraction of sp³-hybridized carbons (Fsp3) is 0.194. The number of hydrogen-bond acceptors (Lipinski definition) is 5. The number of anilines is 1. The zero-order valence-electron chi connectivity index (χ0n) is 20.6. The number of hydrogen-bond donors (Lipinski definition) is 0. The van der Waals surface area contributed by atoms with E-state index >= 15 is 0 Å². The smallest absolute Gasteiger partial charge is 0.339 e. The third-order valence-corrected chi connectivity index (χ3v) is 7.12. The number of allylic oxidation sites excluding steroid dienone is 1. The van der Waals surface area contributed by atoms with Gasteiger partial charge in [0.2, 0.25) is 0 Å². The van der Waals surface area contributed by atoms with Crippen LogP contribution in [-0.4, -0.2) is 37.1 Å². The zero-order valence-corrected chi connectivity index (χ0v) is 20.6. The van der Waals surface area contributed by atoms with Crippen LogP contribution >= 0.6 is 0 Å². The Hall–Kier alpha value is -4.45. The summed E-state index contributed by atoms with van der Waals surface area (Å²) in [7, 11) is 1.65. The van der Waals surface area contributed by atoms with E-state index in [2.05, 4.69) is 6.08 Å². The van der Waals surface area contributed by atoms with E-state index in [-0.39, 0.29) is 12.5 Å². The second-order valence-electron chi connectivity index (χ2n) is 9.27. The van der Waals surface area contributed by atoms with Crippen molar-refractivity contribution in [3.63, 3.8) is 0 Å². The molecule has 0 spiro atoms. The Labute approximate surface area is 215 Å². The summed E-state index contributed by atoms with van der Waals surface area (Å²) in [6.45, 7) is 0.302. The van der Waals surface area contributed by atoms with Crippen molar-refractivity contribution in [3.05, 3.63) is 101 Å². The molecule has 1 aliphatic heterocycles. The van der Waals surface area contributed by atoms with Crippen molar-refractivity contribution in [1.82, 2.24) is 4.98 Å². The Morgan fingerprint density at radius 1 is 0.946 bits per heavy atom. The third kappa shape index (κ3) is 4.25. The quantitative estimate of drug-likeness (QED) is 0.347. The highest BCUT2D eigenvalue weighted by Gasteiger charge is 2.29. The molecule has 6 nitrogen and oxygen atoms in total. The van der Waals surface area contributed by atoms with Crippen LogP contribution in [-0.2, 0) is 22.4 Å². The number of carbonyl (C=O) groups is 2. The van der Waals surface area contributed by atoms with Gasteiger partial charge in [-0.25, -0.2) is 9.78 Å². The first-order chi connectivity index (χ1) is 18.1. The molecule has 0 saturated heterocycles. The average Bonchev–Trinajstić information content (AvgIpc) is 3.55. The van der Waals surface area contributed by atoms with Crippen molar-refractivity contribution in [2.45, 2.75) is 19.3 Å². The zero-order chi connectivity index (χ0) is 25.4. The predicted molar refractivity (Wildman–Crippen MR) is 144 cm³/mol. The number of aromatic nitrogens is 1. The van der Waals surface area contributed by atoms with Crippen LogP contribution in [0.2, 0.25) is 0 Å². The Bertz CT molecular complexity index is 1560. The maximum Gasteiger partial charge on any atom is 0.339 e. The third-order valence-electron chi connectivity index (χ3n) is 7.12. The van der Waals surface area contributed by atoms with Crippen molar-refractivity contribution in [1.29, 1.82) is 0 Å². The van der Waals surface area contributed by atoms with E-state index < -0.39 is 5.97 Å². The number of amides is 1. The lowest BCUT2D eigenvalue weighted by atomic mass is 10.0. The molecule has 184 valence electrons. The molecule has 0 unspecified atom stereocenters. The highest BCUT2D eigenvalue weighted by Crippen LogP contribution is 2.38. The van der Waals surface area contributed by atoms with Crippen LogP contribution in [0.1, 0.15) is 39.2 Å². The molecule has 6 heteroatoms. The van der Waals surface area contributed by atoms with Crippen molar-refractivity contribution < 1.29 is 19.1 Å². The van der Waals surface area contributed by atoms with Gasteiger partial charge in [-0.3, -0.25) is 4.79 Å². The van der Waals surface area contributed by atoms with Crippen LogP contribution in [0, 0.1) is 0 Å². The van der Waals surface area contributed by atoms with Crippen molar-refractivity contribution in [2.24, 2.45) is 0 Å². The SMILES string of the molecule is COc1ccc(C=C2CCc3c2nc2ccccc2c3C(=O)OCC(=O)N2CCc3ccccc32)cc1. The number of benzene rings is 3. The van der Waals surface area contributed by atoms with Crippen LogP contribution < -0.4 is 9.64 Å². The lowest BCUT2D eigenvalue weighted by Crippen LogP contribution is -2.33. The molecule has 0 fully saturated rings. The Morgan fingerprint density at radius 2 is 1.73 bits per heavy atom. The van der Waals surface area contributed by atoms with Crippen LogP contribution in [0.5, 0.6) is 5.75 Å². The Morgan fingerprint density at radius 3 is 2.57 bits per heavy atom. The van der Waals surface area contributed by atoms with Gasteiger partial charge in [0.15, 0.2) is 6.61 Å². The maximum atomic E-state index is 13.5. The summed E-state index contributed by atoms with van der Waals surface area (Å²) in [6.07, 6.45) is 4.37. The lowest BCUT2D eigenvalue weighted by Gasteiger charge is -2.18. The summed E-state index contributed by atoms with van der Waals surface area (Å²) >= 11 is 0. The summed E-state index contributed by atoms with van der Waals surface area (Å²) in [5, 5.41) is 0.746. The van der Waals surface area contributed by atoms with Gasteiger partial charge < -0.3 is 14.4 Å². The van der Waals surface area contributed by atoms with Crippen molar-refractivity contribution >= 4 is 40.1 Å². The second kappa shape index (κ2) is 9.54. The number of esters is 1.